The van der Waals surface area contributed by atoms with Crippen LogP contribution >= 0.6 is 0 Å². The zero-order valence-corrected chi connectivity index (χ0v) is 8.92. The van der Waals surface area contributed by atoms with Gasteiger partial charge in [0.1, 0.15) is 0 Å². The molecule has 0 radical (unpaired) electrons. The smallest absolute Gasteiger partial charge is 0.236 e. The van der Waals surface area contributed by atoms with Gasteiger partial charge in [0.15, 0.2) is 0 Å². The summed E-state index contributed by atoms with van der Waals surface area (Å²) in [6.45, 7) is 2.91. The van der Waals surface area contributed by atoms with E-state index in [1.165, 1.54) is 12.8 Å². The fraction of sp³-hybridized carbons (Fsp3) is 0.727. The van der Waals surface area contributed by atoms with E-state index in [0.717, 1.165) is 5.92 Å². The predicted octanol–water partition coefficient (Wildman–Crippen LogP) is 0.466. The van der Waals surface area contributed by atoms with Crippen molar-refractivity contribution >= 4 is 5.91 Å². The van der Waals surface area contributed by atoms with Gasteiger partial charge in [-0.1, -0.05) is 5.92 Å². The maximum absolute atomic E-state index is 11.6. The molecule has 0 bridgehead atoms. The third-order valence-corrected chi connectivity index (χ3v) is 2.81. The van der Waals surface area contributed by atoms with E-state index in [0.29, 0.717) is 19.1 Å². The molecule has 1 saturated carbocycles. The summed E-state index contributed by atoms with van der Waals surface area (Å²) in [4.78, 5) is 13.4. The van der Waals surface area contributed by atoms with Gasteiger partial charge >= 0.3 is 0 Å². The normalized spacial score (nSPS) is 17.2. The topological polar surface area (TPSA) is 32.3 Å². The van der Waals surface area contributed by atoms with Crippen LogP contribution in [0.4, 0.5) is 0 Å². The van der Waals surface area contributed by atoms with E-state index in [9.17, 15) is 4.79 Å². The Labute approximate surface area is 85.9 Å². The molecule has 3 nitrogen and oxygen atoms in total. The van der Waals surface area contributed by atoms with Crippen LogP contribution in [0.5, 0.6) is 0 Å². The molecule has 1 amide bonds. The molecular formula is C11H18N2O. The number of carbonyl (C=O) groups is 1. The number of hydrogen-bond acceptors (Lipinski definition) is 2. The van der Waals surface area contributed by atoms with Gasteiger partial charge < -0.3 is 4.90 Å². The molecular weight excluding hydrogens is 176 g/mol. The molecule has 0 saturated heterocycles. The van der Waals surface area contributed by atoms with E-state index in [1.54, 1.807) is 0 Å². The summed E-state index contributed by atoms with van der Waals surface area (Å²) in [6.07, 6.45) is 7.59. The molecule has 1 aliphatic carbocycles. The molecule has 0 aromatic heterocycles. The van der Waals surface area contributed by atoms with E-state index in [2.05, 4.69) is 18.2 Å². The third kappa shape index (κ3) is 3.04. The molecule has 1 rings (SSSR count). The Morgan fingerprint density at radius 2 is 2.36 bits per heavy atom. The number of terminal acetylenes is 1. The van der Waals surface area contributed by atoms with Crippen molar-refractivity contribution in [2.24, 2.45) is 5.92 Å². The summed E-state index contributed by atoms with van der Waals surface area (Å²) in [5, 5.41) is 2.90. The van der Waals surface area contributed by atoms with Gasteiger partial charge in [-0.3, -0.25) is 10.1 Å². The lowest BCUT2D eigenvalue weighted by Crippen LogP contribution is -2.41. The summed E-state index contributed by atoms with van der Waals surface area (Å²) in [7, 11) is 1.86. The van der Waals surface area contributed by atoms with E-state index < -0.39 is 0 Å². The summed E-state index contributed by atoms with van der Waals surface area (Å²) in [5.41, 5.74) is 0. The van der Waals surface area contributed by atoms with Gasteiger partial charge in [0.05, 0.1) is 13.1 Å². The van der Waals surface area contributed by atoms with Gasteiger partial charge in [-0.25, -0.2) is 0 Å². The van der Waals surface area contributed by atoms with E-state index in [1.807, 2.05) is 11.9 Å². The first-order chi connectivity index (χ1) is 6.66. The first kappa shape index (κ1) is 11.1. The molecule has 0 spiro atoms. The molecule has 0 aliphatic heterocycles. The average Bonchev–Trinajstić information content (AvgIpc) is 2.99. The molecule has 14 heavy (non-hydrogen) atoms. The van der Waals surface area contributed by atoms with Crippen molar-refractivity contribution in [3.05, 3.63) is 0 Å². The van der Waals surface area contributed by atoms with Crippen molar-refractivity contribution in [1.29, 1.82) is 0 Å². The number of likely N-dealkylation sites (N-methyl/N-ethyl adjacent to an activating group) is 1. The van der Waals surface area contributed by atoms with Crippen molar-refractivity contribution in [3.8, 4) is 12.3 Å². The highest BCUT2D eigenvalue weighted by molar-refractivity contribution is 5.78. The van der Waals surface area contributed by atoms with Gasteiger partial charge in [-0.05, 0) is 25.7 Å². The minimum absolute atomic E-state index is 0.125. The van der Waals surface area contributed by atoms with Crippen molar-refractivity contribution in [1.82, 2.24) is 10.2 Å². The molecule has 0 aromatic rings. The van der Waals surface area contributed by atoms with Crippen LogP contribution in [0.2, 0.25) is 0 Å². The van der Waals surface area contributed by atoms with Crippen LogP contribution in [0.1, 0.15) is 19.8 Å². The van der Waals surface area contributed by atoms with E-state index in [4.69, 9.17) is 6.42 Å². The average molecular weight is 194 g/mol. The molecule has 1 aliphatic rings. The highest BCUT2D eigenvalue weighted by Gasteiger charge is 2.32. The number of rotatable bonds is 5. The SMILES string of the molecule is C#CCNCC(=O)N(C)C(C)C1CC1. The Hall–Kier alpha value is -1.01. The molecule has 1 unspecified atom stereocenters. The lowest BCUT2D eigenvalue weighted by molar-refractivity contribution is -0.131. The Morgan fingerprint density at radius 3 is 2.86 bits per heavy atom. The second kappa shape index (κ2) is 5.02. The van der Waals surface area contributed by atoms with Crippen molar-refractivity contribution in [3.63, 3.8) is 0 Å². The standard InChI is InChI=1S/C11H18N2O/c1-4-7-12-8-11(14)13(3)9(2)10-5-6-10/h1,9-10,12H,5-8H2,2-3H3. The van der Waals surface area contributed by atoms with Crippen LogP contribution in [0, 0.1) is 18.3 Å². The van der Waals surface area contributed by atoms with Crippen molar-refractivity contribution in [2.45, 2.75) is 25.8 Å². The second-order valence-electron chi connectivity index (χ2n) is 3.89. The third-order valence-electron chi connectivity index (χ3n) is 2.81. The molecule has 0 aromatic carbocycles. The number of carbonyl (C=O) groups excluding carboxylic acids is 1. The van der Waals surface area contributed by atoms with E-state index in [-0.39, 0.29) is 5.91 Å². The fourth-order valence-corrected chi connectivity index (χ4v) is 1.49. The van der Waals surface area contributed by atoms with Gasteiger partial charge in [0.2, 0.25) is 5.91 Å². The van der Waals surface area contributed by atoms with Crippen LogP contribution in [-0.4, -0.2) is 37.0 Å². The Morgan fingerprint density at radius 1 is 1.71 bits per heavy atom. The molecule has 3 heteroatoms. The largest absolute Gasteiger partial charge is 0.342 e. The van der Waals surface area contributed by atoms with E-state index >= 15 is 0 Å². The number of nitrogens with zero attached hydrogens (tertiary/aromatic N) is 1. The maximum atomic E-state index is 11.6. The van der Waals surface area contributed by atoms with Crippen LogP contribution in [0.3, 0.4) is 0 Å². The lowest BCUT2D eigenvalue weighted by Gasteiger charge is -2.24. The van der Waals surface area contributed by atoms with Gasteiger partial charge in [0, 0.05) is 13.1 Å². The Balaban J connectivity index is 2.25. The van der Waals surface area contributed by atoms with Crippen LogP contribution in [-0.2, 0) is 4.79 Å². The Kier molecular flexibility index (Phi) is 3.97. The Bertz CT molecular complexity index is 240. The summed E-state index contributed by atoms with van der Waals surface area (Å²) in [5.74, 6) is 3.29. The number of amides is 1. The molecule has 1 fully saturated rings. The quantitative estimate of drug-likeness (QED) is 0.509. The zero-order valence-electron chi connectivity index (χ0n) is 8.92. The fourth-order valence-electron chi connectivity index (χ4n) is 1.49. The molecule has 1 atom stereocenters. The summed E-state index contributed by atoms with van der Waals surface area (Å²) >= 11 is 0. The highest BCUT2D eigenvalue weighted by Crippen LogP contribution is 2.34. The van der Waals surface area contributed by atoms with Crippen LogP contribution in [0.15, 0.2) is 0 Å². The monoisotopic (exact) mass is 194 g/mol. The molecule has 0 heterocycles. The first-order valence-electron chi connectivity index (χ1n) is 5.06. The molecule has 1 N–H and O–H groups in total. The highest BCUT2D eigenvalue weighted by atomic mass is 16.2. The minimum Gasteiger partial charge on any atom is -0.342 e. The number of nitrogens with one attached hydrogen (secondary N) is 1. The van der Waals surface area contributed by atoms with Crippen LogP contribution < -0.4 is 5.32 Å². The summed E-state index contributed by atoms with van der Waals surface area (Å²) in [6, 6.07) is 0.370. The predicted molar refractivity (Wildman–Crippen MR) is 56.7 cm³/mol. The zero-order chi connectivity index (χ0) is 10.6. The minimum atomic E-state index is 0.125. The molecule has 78 valence electrons. The van der Waals surface area contributed by atoms with Crippen LogP contribution in [0.25, 0.3) is 0 Å². The summed E-state index contributed by atoms with van der Waals surface area (Å²) < 4.78 is 0. The van der Waals surface area contributed by atoms with Crippen molar-refractivity contribution < 1.29 is 4.79 Å². The number of hydrogen-bond donors (Lipinski definition) is 1. The van der Waals surface area contributed by atoms with Gasteiger partial charge in [0.25, 0.3) is 0 Å². The maximum Gasteiger partial charge on any atom is 0.236 e. The van der Waals surface area contributed by atoms with Crippen molar-refractivity contribution in [2.75, 3.05) is 20.1 Å². The second-order valence-corrected chi connectivity index (χ2v) is 3.89. The van der Waals surface area contributed by atoms with Gasteiger partial charge in [-0.2, -0.15) is 0 Å². The first-order valence-corrected chi connectivity index (χ1v) is 5.06. The van der Waals surface area contributed by atoms with Gasteiger partial charge in [-0.15, -0.1) is 6.42 Å². The lowest BCUT2D eigenvalue weighted by atomic mass is 10.2.